The van der Waals surface area contributed by atoms with Crippen molar-refractivity contribution in [2.24, 2.45) is 5.92 Å². The zero-order chi connectivity index (χ0) is 15.2. The van der Waals surface area contributed by atoms with Gasteiger partial charge in [0.15, 0.2) is 9.84 Å². The smallest absolute Gasteiger partial charge is 0.264 e. The van der Waals surface area contributed by atoms with Gasteiger partial charge in [-0.25, -0.2) is 8.42 Å². The summed E-state index contributed by atoms with van der Waals surface area (Å²) in [7, 11) is -2.97. The number of hydrogen-bond acceptors (Lipinski definition) is 4. The first-order valence-electron chi connectivity index (χ1n) is 7.48. The van der Waals surface area contributed by atoms with Gasteiger partial charge >= 0.3 is 0 Å². The molecule has 0 spiro atoms. The van der Waals surface area contributed by atoms with Gasteiger partial charge in [-0.15, -0.1) is 11.3 Å². The highest BCUT2D eigenvalue weighted by Crippen LogP contribution is 2.31. The molecule has 2 aliphatic rings. The molecule has 2 aliphatic heterocycles. The SMILES string of the molecule is CC1CCC(C)N(C(=O)c2cc3c(s2)CCS(=O)(=O)C3)C1. The lowest BCUT2D eigenvalue weighted by Gasteiger charge is -2.36. The summed E-state index contributed by atoms with van der Waals surface area (Å²) < 4.78 is 23.4. The lowest BCUT2D eigenvalue weighted by Crippen LogP contribution is -2.44. The molecule has 2 unspecified atom stereocenters. The van der Waals surface area contributed by atoms with Gasteiger partial charge in [-0.2, -0.15) is 0 Å². The van der Waals surface area contributed by atoms with Gasteiger partial charge in [-0.1, -0.05) is 6.92 Å². The summed E-state index contributed by atoms with van der Waals surface area (Å²) >= 11 is 1.49. The Morgan fingerprint density at radius 3 is 2.86 bits per heavy atom. The van der Waals surface area contributed by atoms with Crippen LogP contribution in [0.2, 0.25) is 0 Å². The Morgan fingerprint density at radius 1 is 1.33 bits per heavy atom. The molecule has 3 rings (SSSR count). The highest BCUT2D eigenvalue weighted by molar-refractivity contribution is 7.90. The van der Waals surface area contributed by atoms with E-state index in [4.69, 9.17) is 0 Å². The number of rotatable bonds is 1. The maximum atomic E-state index is 12.7. The molecule has 0 bridgehead atoms. The van der Waals surface area contributed by atoms with Crippen LogP contribution in [0.25, 0.3) is 0 Å². The average molecular weight is 327 g/mol. The molecule has 3 heterocycles. The quantitative estimate of drug-likeness (QED) is 0.796. The third-order valence-corrected chi connectivity index (χ3v) is 7.30. The van der Waals surface area contributed by atoms with Gasteiger partial charge in [0.05, 0.1) is 16.4 Å². The summed E-state index contributed by atoms with van der Waals surface area (Å²) in [5, 5.41) is 0. The Bertz CT molecular complexity index is 662. The van der Waals surface area contributed by atoms with E-state index in [9.17, 15) is 13.2 Å². The van der Waals surface area contributed by atoms with E-state index in [0.717, 1.165) is 23.4 Å². The van der Waals surface area contributed by atoms with Crippen LogP contribution in [0.15, 0.2) is 6.07 Å². The fourth-order valence-corrected chi connectivity index (χ4v) is 5.93. The van der Waals surface area contributed by atoms with Crippen molar-refractivity contribution in [3.63, 3.8) is 0 Å². The Labute approximate surface area is 130 Å². The normalized spacial score (nSPS) is 28.2. The van der Waals surface area contributed by atoms with E-state index in [2.05, 4.69) is 13.8 Å². The number of likely N-dealkylation sites (tertiary alicyclic amines) is 1. The molecule has 0 N–H and O–H groups in total. The molecule has 1 amide bonds. The van der Waals surface area contributed by atoms with Crippen LogP contribution in [0.5, 0.6) is 0 Å². The second kappa shape index (κ2) is 5.39. The molecule has 4 nitrogen and oxygen atoms in total. The van der Waals surface area contributed by atoms with E-state index in [0.29, 0.717) is 17.2 Å². The van der Waals surface area contributed by atoms with Gasteiger partial charge in [-0.05, 0) is 43.7 Å². The van der Waals surface area contributed by atoms with E-state index < -0.39 is 9.84 Å². The van der Waals surface area contributed by atoms with Crippen LogP contribution in [-0.2, 0) is 22.0 Å². The van der Waals surface area contributed by atoms with Crippen LogP contribution in [-0.4, -0.2) is 37.6 Å². The zero-order valence-corrected chi connectivity index (χ0v) is 14.1. The highest BCUT2D eigenvalue weighted by atomic mass is 32.2. The molecule has 21 heavy (non-hydrogen) atoms. The Hall–Kier alpha value is -0.880. The number of amides is 1. The second-order valence-corrected chi connectivity index (χ2v) is 9.71. The molecule has 116 valence electrons. The minimum atomic E-state index is -2.97. The summed E-state index contributed by atoms with van der Waals surface area (Å²) in [4.78, 5) is 16.5. The van der Waals surface area contributed by atoms with Crippen molar-refractivity contribution < 1.29 is 13.2 Å². The number of fused-ring (bicyclic) bond motifs is 1. The van der Waals surface area contributed by atoms with Crippen molar-refractivity contribution >= 4 is 27.1 Å². The fraction of sp³-hybridized carbons (Fsp3) is 0.667. The molecule has 0 aliphatic carbocycles. The van der Waals surface area contributed by atoms with Gasteiger partial charge in [0.25, 0.3) is 5.91 Å². The van der Waals surface area contributed by atoms with E-state index in [1.807, 2.05) is 11.0 Å². The van der Waals surface area contributed by atoms with E-state index >= 15 is 0 Å². The standard InChI is InChI=1S/C15H21NO3S2/c1-10-3-4-11(2)16(8-10)15(17)14-7-12-9-21(18,19)6-5-13(12)20-14/h7,10-11H,3-6,8-9H2,1-2H3. The molecule has 2 atom stereocenters. The van der Waals surface area contributed by atoms with Crippen LogP contribution in [0.4, 0.5) is 0 Å². The largest absolute Gasteiger partial charge is 0.335 e. The molecule has 0 aromatic carbocycles. The van der Waals surface area contributed by atoms with E-state index in [1.54, 1.807) is 0 Å². The molecule has 6 heteroatoms. The molecule has 0 saturated carbocycles. The Kier molecular flexibility index (Phi) is 3.86. The van der Waals surface area contributed by atoms with Crippen molar-refractivity contribution in [1.29, 1.82) is 0 Å². The van der Waals surface area contributed by atoms with Gasteiger partial charge in [-0.3, -0.25) is 4.79 Å². The number of thiophene rings is 1. The molecule has 0 radical (unpaired) electrons. The van der Waals surface area contributed by atoms with Crippen LogP contribution < -0.4 is 0 Å². The first kappa shape index (κ1) is 15.0. The molecule has 1 aromatic rings. The lowest BCUT2D eigenvalue weighted by atomic mass is 9.95. The van der Waals surface area contributed by atoms with Gasteiger partial charge in [0, 0.05) is 17.5 Å². The summed E-state index contributed by atoms with van der Waals surface area (Å²) in [6.07, 6.45) is 2.78. The summed E-state index contributed by atoms with van der Waals surface area (Å²) in [5.41, 5.74) is 0.840. The molecule has 1 aromatic heterocycles. The average Bonchev–Trinajstić information content (AvgIpc) is 2.82. The molecular weight excluding hydrogens is 306 g/mol. The third-order valence-electron chi connectivity index (χ3n) is 4.50. The summed E-state index contributed by atoms with van der Waals surface area (Å²) in [6, 6.07) is 2.09. The topological polar surface area (TPSA) is 54.5 Å². The summed E-state index contributed by atoms with van der Waals surface area (Å²) in [6.45, 7) is 5.08. The molecule has 1 fully saturated rings. The lowest BCUT2D eigenvalue weighted by molar-refractivity contribution is 0.0579. The van der Waals surface area contributed by atoms with Crippen LogP contribution in [0.1, 0.15) is 46.8 Å². The number of piperidine rings is 1. The number of carbonyl (C=O) groups excluding carboxylic acids is 1. The predicted molar refractivity (Wildman–Crippen MR) is 84.4 cm³/mol. The van der Waals surface area contributed by atoms with Crippen molar-refractivity contribution in [2.45, 2.75) is 44.9 Å². The number of aryl methyl sites for hydroxylation is 1. The second-order valence-electron chi connectivity index (χ2n) is 6.39. The first-order valence-corrected chi connectivity index (χ1v) is 10.1. The van der Waals surface area contributed by atoms with Crippen LogP contribution >= 0.6 is 11.3 Å². The molecular formula is C15H21NO3S2. The Balaban J connectivity index is 1.84. The van der Waals surface area contributed by atoms with Crippen molar-refractivity contribution in [2.75, 3.05) is 12.3 Å². The maximum absolute atomic E-state index is 12.7. The van der Waals surface area contributed by atoms with Gasteiger partial charge in [0.2, 0.25) is 0 Å². The third kappa shape index (κ3) is 3.01. The minimum Gasteiger partial charge on any atom is -0.335 e. The number of nitrogens with zero attached hydrogens (tertiary/aromatic N) is 1. The number of sulfone groups is 1. The van der Waals surface area contributed by atoms with Crippen molar-refractivity contribution in [3.8, 4) is 0 Å². The van der Waals surface area contributed by atoms with E-state index in [1.165, 1.54) is 17.8 Å². The predicted octanol–water partition coefficient (Wildman–Crippen LogP) is 2.48. The first-order chi connectivity index (χ1) is 9.85. The van der Waals surface area contributed by atoms with E-state index in [-0.39, 0.29) is 23.5 Å². The maximum Gasteiger partial charge on any atom is 0.264 e. The summed E-state index contributed by atoms with van der Waals surface area (Å²) in [5.74, 6) is 0.926. The van der Waals surface area contributed by atoms with Crippen LogP contribution in [0, 0.1) is 5.92 Å². The Morgan fingerprint density at radius 2 is 2.10 bits per heavy atom. The monoisotopic (exact) mass is 327 g/mol. The number of carbonyl (C=O) groups is 1. The minimum absolute atomic E-state index is 0.0749. The molecule has 1 saturated heterocycles. The van der Waals surface area contributed by atoms with Gasteiger partial charge in [0.1, 0.15) is 0 Å². The van der Waals surface area contributed by atoms with Crippen LogP contribution in [0.3, 0.4) is 0 Å². The zero-order valence-electron chi connectivity index (χ0n) is 12.5. The number of hydrogen-bond donors (Lipinski definition) is 0. The van der Waals surface area contributed by atoms with Crippen molar-refractivity contribution in [1.82, 2.24) is 4.90 Å². The highest BCUT2D eigenvalue weighted by Gasteiger charge is 2.31. The van der Waals surface area contributed by atoms with Gasteiger partial charge < -0.3 is 4.90 Å². The fourth-order valence-electron chi connectivity index (χ4n) is 3.18. The van der Waals surface area contributed by atoms with Crippen molar-refractivity contribution in [3.05, 3.63) is 21.4 Å².